The Kier molecular flexibility index (Phi) is 4.98. The van der Waals surface area contributed by atoms with Crippen molar-refractivity contribution in [2.75, 3.05) is 37.7 Å². The molecule has 2 aromatic rings. The van der Waals surface area contributed by atoms with E-state index in [-0.39, 0.29) is 12.0 Å². The Hall–Kier alpha value is -2.61. The Morgan fingerprint density at radius 1 is 1.15 bits per heavy atom. The van der Waals surface area contributed by atoms with Crippen molar-refractivity contribution in [1.82, 2.24) is 24.8 Å². The lowest BCUT2D eigenvalue weighted by atomic mass is 10.1. The number of amides is 1. The highest BCUT2D eigenvalue weighted by atomic mass is 16.5. The number of carbonyl (C=O) groups is 1. The molecule has 1 amide bonds. The van der Waals surface area contributed by atoms with E-state index in [0.717, 1.165) is 24.7 Å². The maximum atomic E-state index is 12.9. The SMILES string of the molecule is Cc1ncc(C(=O)N2CCOC(c3ccnc(N4CCCC4)n3)C2)c(C)n1. The third kappa shape index (κ3) is 3.75. The molecule has 1 atom stereocenters. The predicted molar refractivity (Wildman–Crippen MR) is 99.6 cm³/mol. The summed E-state index contributed by atoms with van der Waals surface area (Å²) < 4.78 is 5.91. The van der Waals surface area contributed by atoms with Crippen molar-refractivity contribution in [3.63, 3.8) is 0 Å². The highest BCUT2D eigenvalue weighted by Gasteiger charge is 2.29. The zero-order valence-corrected chi connectivity index (χ0v) is 15.8. The van der Waals surface area contributed by atoms with Crippen molar-refractivity contribution >= 4 is 11.9 Å². The molecule has 2 saturated heterocycles. The van der Waals surface area contributed by atoms with Crippen molar-refractivity contribution in [2.24, 2.45) is 0 Å². The monoisotopic (exact) mass is 368 g/mol. The first-order valence-corrected chi connectivity index (χ1v) is 9.41. The van der Waals surface area contributed by atoms with Crippen LogP contribution in [0.15, 0.2) is 18.5 Å². The normalized spacial score (nSPS) is 20.1. The van der Waals surface area contributed by atoms with E-state index < -0.39 is 0 Å². The molecule has 0 bridgehead atoms. The Labute approximate surface area is 158 Å². The van der Waals surface area contributed by atoms with Gasteiger partial charge in [0.1, 0.15) is 11.9 Å². The van der Waals surface area contributed by atoms with Crippen LogP contribution >= 0.6 is 0 Å². The van der Waals surface area contributed by atoms with Gasteiger partial charge in [-0.1, -0.05) is 0 Å². The lowest BCUT2D eigenvalue weighted by Crippen LogP contribution is -2.43. The third-order valence-corrected chi connectivity index (χ3v) is 5.07. The molecule has 4 rings (SSSR count). The van der Waals surface area contributed by atoms with Gasteiger partial charge in [0.2, 0.25) is 5.95 Å². The first-order chi connectivity index (χ1) is 13.1. The van der Waals surface area contributed by atoms with Crippen molar-refractivity contribution < 1.29 is 9.53 Å². The molecule has 27 heavy (non-hydrogen) atoms. The molecule has 2 aliphatic rings. The third-order valence-electron chi connectivity index (χ3n) is 5.07. The van der Waals surface area contributed by atoms with Crippen LogP contribution in [0.1, 0.15) is 46.5 Å². The van der Waals surface area contributed by atoms with Gasteiger partial charge in [0, 0.05) is 32.0 Å². The maximum absolute atomic E-state index is 12.9. The molecule has 0 aromatic carbocycles. The van der Waals surface area contributed by atoms with Crippen molar-refractivity contribution in [2.45, 2.75) is 32.8 Å². The molecule has 1 unspecified atom stereocenters. The van der Waals surface area contributed by atoms with Gasteiger partial charge in [-0.3, -0.25) is 4.79 Å². The largest absolute Gasteiger partial charge is 0.368 e. The van der Waals surface area contributed by atoms with Crippen LogP contribution in [0.3, 0.4) is 0 Å². The van der Waals surface area contributed by atoms with E-state index in [1.54, 1.807) is 17.3 Å². The summed E-state index contributed by atoms with van der Waals surface area (Å²) in [7, 11) is 0. The summed E-state index contributed by atoms with van der Waals surface area (Å²) >= 11 is 0. The number of nitrogens with zero attached hydrogens (tertiary/aromatic N) is 6. The minimum absolute atomic E-state index is 0.0605. The summed E-state index contributed by atoms with van der Waals surface area (Å²) in [5, 5.41) is 0. The molecule has 8 heteroatoms. The zero-order chi connectivity index (χ0) is 18.8. The average Bonchev–Trinajstić information content (AvgIpc) is 3.23. The number of carbonyl (C=O) groups excluding carboxylic acids is 1. The van der Waals surface area contributed by atoms with Gasteiger partial charge < -0.3 is 14.5 Å². The molecule has 0 aliphatic carbocycles. The molecule has 2 aliphatic heterocycles. The first-order valence-electron chi connectivity index (χ1n) is 9.41. The summed E-state index contributed by atoms with van der Waals surface area (Å²) in [6.45, 7) is 7.13. The second-order valence-corrected chi connectivity index (χ2v) is 7.00. The Morgan fingerprint density at radius 2 is 1.96 bits per heavy atom. The lowest BCUT2D eigenvalue weighted by molar-refractivity contribution is -0.0248. The van der Waals surface area contributed by atoms with Gasteiger partial charge >= 0.3 is 0 Å². The van der Waals surface area contributed by atoms with Crippen LogP contribution < -0.4 is 4.90 Å². The second kappa shape index (κ2) is 7.56. The molecule has 142 valence electrons. The van der Waals surface area contributed by atoms with Crippen LogP contribution in [0.4, 0.5) is 5.95 Å². The molecule has 0 saturated carbocycles. The standard InChI is InChI=1S/C19H24N6O2/c1-13-15(11-21-14(2)22-13)18(26)25-9-10-27-17(12-25)16-5-6-20-19(23-16)24-7-3-4-8-24/h5-6,11,17H,3-4,7-10,12H2,1-2H3. The van der Waals surface area contributed by atoms with Crippen molar-refractivity contribution in [3.8, 4) is 0 Å². The van der Waals surface area contributed by atoms with Gasteiger partial charge in [-0.2, -0.15) is 0 Å². The molecular weight excluding hydrogens is 344 g/mol. The van der Waals surface area contributed by atoms with E-state index in [1.165, 1.54) is 12.8 Å². The number of aromatic nitrogens is 4. The van der Waals surface area contributed by atoms with Crippen LogP contribution in [-0.2, 0) is 4.74 Å². The molecular formula is C19H24N6O2. The number of rotatable bonds is 3. The summed E-state index contributed by atoms with van der Waals surface area (Å²) in [6, 6.07) is 1.87. The summed E-state index contributed by atoms with van der Waals surface area (Å²) in [6.07, 6.45) is 5.49. The lowest BCUT2D eigenvalue weighted by Gasteiger charge is -2.33. The van der Waals surface area contributed by atoms with Crippen molar-refractivity contribution in [3.05, 3.63) is 41.2 Å². The van der Waals surface area contributed by atoms with Crippen LogP contribution in [-0.4, -0.2) is 63.5 Å². The Morgan fingerprint density at radius 3 is 2.74 bits per heavy atom. The van der Waals surface area contributed by atoms with E-state index in [0.29, 0.717) is 36.8 Å². The predicted octanol–water partition coefficient (Wildman–Crippen LogP) is 1.70. The number of hydrogen-bond donors (Lipinski definition) is 0. The summed E-state index contributed by atoms with van der Waals surface area (Å²) in [5.41, 5.74) is 2.07. The molecule has 2 fully saturated rings. The topological polar surface area (TPSA) is 84.3 Å². The van der Waals surface area contributed by atoms with Gasteiger partial charge in [-0.15, -0.1) is 0 Å². The first kappa shape index (κ1) is 17.8. The van der Waals surface area contributed by atoms with Crippen LogP contribution in [0.2, 0.25) is 0 Å². The van der Waals surface area contributed by atoms with Crippen LogP contribution in [0, 0.1) is 13.8 Å². The fraction of sp³-hybridized carbons (Fsp3) is 0.526. The van der Waals surface area contributed by atoms with E-state index in [2.05, 4.69) is 19.9 Å². The molecule has 0 spiro atoms. The Balaban J connectivity index is 1.51. The molecule has 0 N–H and O–H groups in total. The van der Waals surface area contributed by atoms with Crippen molar-refractivity contribution in [1.29, 1.82) is 0 Å². The van der Waals surface area contributed by atoms with E-state index >= 15 is 0 Å². The van der Waals surface area contributed by atoms with E-state index in [1.807, 2.05) is 19.9 Å². The average molecular weight is 368 g/mol. The highest BCUT2D eigenvalue weighted by molar-refractivity contribution is 5.95. The Bertz CT molecular complexity index is 837. The number of hydrogen-bond acceptors (Lipinski definition) is 7. The van der Waals surface area contributed by atoms with Crippen LogP contribution in [0.5, 0.6) is 0 Å². The van der Waals surface area contributed by atoms with Crippen LogP contribution in [0.25, 0.3) is 0 Å². The number of anilines is 1. The van der Waals surface area contributed by atoms with Gasteiger partial charge in [-0.25, -0.2) is 19.9 Å². The summed E-state index contributed by atoms with van der Waals surface area (Å²) in [4.78, 5) is 34.5. The number of ether oxygens (including phenoxy) is 1. The molecule has 4 heterocycles. The van der Waals surface area contributed by atoms with Gasteiger partial charge in [0.15, 0.2) is 0 Å². The molecule has 8 nitrogen and oxygen atoms in total. The van der Waals surface area contributed by atoms with Gasteiger partial charge in [0.25, 0.3) is 5.91 Å². The van der Waals surface area contributed by atoms with Gasteiger partial charge in [0.05, 0.1) is 30.1 Å². The number of morpholine rings is 1. The van der Waals surface area contributed by atoms with E-state index in [9.17, 15) is 4.79 Å². The highest BCUT2D eigenvalue weighted by Crippen LogP contribution is 2.24. The van der Waals surface area contributed by atoms with Gasteiger partial charge in [-0.05, 0) is 32.8 Å². The number of aryl methyl sites for hydroxylation is 2. The molecule has 2 aromatic heterocycles. The second-order valence-electron chi connectivity index (χ2n) is 7.00. The molecule has 0 radical (unpaired) electrons. The minimum atomic E-state index is -0.251. The quantitative estimate of drug-likeness (QED) is 0.815. The smallest absolute Gasteiger partial charge is 0.257 e. The minimum Gasteiger partial charge on any atom is -0.368 e. The maximum Gasteiger partial charge on any atom is 0.257 e. The fourth-order valence-corrected chi connectivity index (χ4v) is 3.59. The fourth-order valence-electron chi connectivity index (χ4n) is 3.59. The van der Waals surface area contributed by atoms with E-state index in [4.69, 9.17) is 9.72 Å². The zero-order valence-electron chi connectivity index (χ0n) is 15.8. The summed E-state index contributed by atoms with van der Waals surface area (Å²) in [5.74, 6) is 1.36.